The van der Waals surface area contributed by atoms with E-state index in [1.54, 1.807) is 31.2 Å². The Kier molecular flexibility index (Phi) is 9.52. The number of amides is 2. The minimum Gasteiger partial charge on any atom is -0.495 e. The third-order valence-electron chi connectivity index (χ3n) is 4.86. The predicted molar refractivity (Wildman–Crippen MR) is 134 cm³/mol. The van der Waals surface area contributed by atoms with E-state index >= 15 is 0 Å². The van der Waals surface area contributed by atoms with E-state index in [9.17, 15) is 18.0 Å². The number of ether oxygens (including phenoxy) is 1. The Morgan fingerprint density at radius 2 is 1.88 bits per heavy atom. The third-order valence-corrected chi connectivity index (χ3v) is 6.96. The molecule has 0 bridgehead atoms. The molecule has 0 aliphatic rings. The van der Waals surface area contributed by atoms with E-state index in [0.717, 1.165) is 4.31 Å². The first-order valence-electron chi connectivity index (χ1n) is 10.7. The molecule has 10 heteroatoms. The van der Waals surface area contributed by atoms with Crippen LogP contribution in [0.4, 0.5) is 5.69 Å². The van der Waals surface area contributed by atoms with Gasteiger partial charge in [0.25, 0.3) is 15.9 Å². The lowest BCUT2D eigenvalue weighted by Gasteiger charge is -2.26. The summed E-state index contributed by atoms with van der Waals surface area (Å²) in [5.74, 6) is -0.499. The molecule has 2 rings (SSSR count). The minimum absolute atomic E-state index is 0.0134. The fourth-order valence-corrected chi connectivity index (χ4v) is 4.94. The first-order chi connectivity index (χ1) is 16.1. The van der Waals surface area contributed by atoms with Crippen LogP contribution < -0.4 is 14.4 Å². The van der Waals surface area contributed by atoms with Gasteiger partial charge in [-0.15, -0.1) is 6.58 Å². The van der Waals surface area contributed by atoms with Crippen LogP contribution in [0, 0.1) is 0 Å². The molecule has 0 unspecified atom stereocenters. The zero-order chi connectivity index (χ0) is 25.5. The number of hydrogen-bond donors (Lipinski definition) is 1. The summed E-state index contributed by atoms with van der Waals surface area (Å²) in [7, 11) is -2.67. The molecule has 2 amide bonds. The molecule has 2 aromatic rings. The first-order valence-corrected chi connectivity index (χ1v) is 12.5. The number of methoxy groups -OCH3 is 1. The fourth-order valence-electron chi connectivity index (χ4n) is 3.27. The number of likely N-dealkylation sites (N-methyl/N-ethyl adjacent to an activating group) is 1. The van der Waals surface area contributed by atoms with E-state index in [1.807, 2.05) is 13.8 Å². The number of carbonyl (C=O) groups excluding carboxylic acids is 2. The van der Waals surface area contributed by atoms with Crippen LogP contribution in [0.15, 0.2) is 60.0 Å². The molecule has 0 atom stereocenters. The highest BCUT2D eigenvalue weighted by Gasteiger charge is 2.29. The number of sulfonamides is 1. The van der Waals surface area contributed by atoms with Gasteiger partial charge in [0.1, 0.15) is 5.75 Å². The maximum absolute atomic E-state index is 13.6. The zero-order valence-electron chi connectivity index (χ0n) is 19.7. The summed E-state index contributed by atoms with van der Waals surface area (Å²) in [6.07, 6.45) is 1.46. The minimum atomic E-state index is -4.12. The highest BCUT2D eigenvalue weighted by atomic mass is 35.5. The van der Waals surface area contributed by atoms with Gasteiger partial charge >= 0.3 is 0 Å². The molecule has 0 fully saturated rings. The number of para-hydroxylation sites is 2. The van der Waals surface area contributed by atoms with E-state index in [1.165, 1.54) is 36.3 Å². The van der Waals surface area contributed by atoms with Crippen molar-refractivity contribution in [3.05, 3.63) is 65.7 Å². The molecular weight excluding hydrogens is 478 g/mol. The number of nitrogens with one attached hydrogen (secondary N) is 1. The SMILES string of the molecule is C=CCN(c1ccccc1OC)S(=O)(=O)c1ccc(Cl)c(C(=O)N(CC)CC(=O)NC(C)C)c1. The molecule has 2 aromatic carbocycles. The van der Waals surface area contributed by atoms with E-state index in [-0.39, 0.29) is 47.1 Å². The Hall–Kier alpha value is -3.04. The summed E-state index contributed by atoms with van der Waals surface area (Å²) in [6.45, 7) is 9.06. The second-order valence-corrected chi connectivity index (χ2v) is 9.95. The van der Waals surface area contributed by atoms with Crippen molar-refractivity contribution in [2.45, 2.75) is 31.7 Å². The van der Waals surface area contributed by atoms with E-state index in [4.69, 9.17) is 16.3 Å². The summed E-state index contributed by atoms with van der Waals surface area (Å²) in [6, 6.07) is 10.5. The number of anilines is 1. The number of benzene rings is 2. The van der Waals surface area contributed by atoms with Crippen molar-refractivity contribution in [1.29, 1.82) is 0 Å². The lowest BCUT2D eigenvalue weighted by molar-refractivity contribution is -0.122. The molecule has 0 spiro atoms. The van der Waals surface area contributed by atoms with Gasteiger partial charge in [0.15, 0.2) is 0 Å². The molecule has 0 aromatic heterocycles. The van der Waals surface area contributed by atoms with Crippen molar-refractivity contribution in [1.82, 2.24) is 10.2 Å². The van der Waals surface area contributed by atoms with Crippen molar-refractivity contribution in [2.75, 3.05) is 31.0 Å². The Morgan fingerprint density at radius 1 is 1.21 bits per heavy atom. The standard InChI is InChI=1S/C24H30ClN3O5S/c1-6-14-28(21-10-8-9-11-22(21)33-5)34(31,32)18-12-13-20(25)19(15-18)24(30)27(7-2)16-23(29)26-17(3)4/h6,8-13,15,17H,1,7,14,16H2,2-5H3,(H,26,29). The van der Waals surface area contributed by atoms with Crippen LogP contribution in [0.1, 0.15) is 31.1 Å². The molecule has 0 aliphatic heterocycles. The number of hydrogen-bond acceptors (Lipinski definition) is 5. The van der Waals surface area contributed by atoms with Gasteiger partial charge in [0, 0.05) is 12.6 Å². The molecule has 0 radical (unpaired) electrons. The number of halogens is 1. The number of carbonyl (C=O) groups is 2. The van der Waals surface area contributed by atoms with Gasteiger partial charge in [-0.2, -0.15) is 0 Å². The monoisotopic (exact) mass is 507 g/mol. The summed E-state index contributed by atoms with van der Waals surface area (Å²) >= 11 is 6.28. The largest absolute Gasteiger partial charge is 0.495 e. The summed E-state index contributed by atoms with van der Waals surface area (Å²) in [5, 5.41) is 2.82. The highest BCUT2D eigenvalue weighted by molar-refractivity contribution is 7.92. The van der Waals surface area contributed by atoms with Crippen LogP contribution in [0.5, 0.6) is 5.75 Å². The normalized spacial score (nSPS) is 11.1. The van der Waals surface area contributed by atoms with Gasteiger partial charge in [-0.25, -0.2) is 8.42 Å². The van der Waals surface area contributed by atoms with E-state index in [0.29, 0.717) is 11.4 Å². The van der Waals surface area contributed by atoms with Crippen LogP contribution in [0.2, 0.25) is 5.02 Å². The topological polar surface area (TPSA) is 96.0 Å². The molecule has 0 aliphatic carbocycles. The van der Waals surface area contributed by atoms with Crippen molar-refractivity contribution in [2.24, 2.45) is 0 Å². The smallest absolute Gasteiger partial charge is 0.264 e. The van der Waals surface area contributed by atoms with Gasteiger partial charge < -0.3 is 15.0 Å². The molecule has 0 heterocycles. The summed E-state index contributed by atoms with van der Waals surface area (Å²) in [5.41, 5.74) is 0.314. The molecule has 8 nitrogen and oxygen atoms in total. The third kappa shape index (κ3) is 6.30. The van der Waals surface area contributed by atoms with Crippen LogP contribution in [-0.4, -0.2) is 57.9 Å². The molecule has 184 valence electrons. The Morgan fingerprint density at radius 3 is 2.47 bits per heavy atom. The van der Waals surface area contributed by atoms with Gasteiger partial charge in [0.2, 0.25) is 5.91 Å². The van der Waals surface area contributed by atoms with E-state index < -0.39 is 15.9 Å². The fraction of sp³-hybridized carbons (Fsp3) is 0.333. The van der Waals surface area contributed by atoms with Crippen LogP contribution in [-0.2, 0) is 14.8 Å². The molecule has 34 heavy (non-hydrogen) atoms. The van der Waals surface area contributed by atoms with Gasteiger partial charge in [-0.1, -0.05) is 29.8 Å². The predicted octanol–water partition coefficient (Wildman–Crippen LogP) is 3.72. The van der Waals surface area contributed by atoms with Crippen molar-refractivity contribution >= 4 is 39.1 Å². The van der Waals surface area contributed by atoms with Gasteiger partial charge in [-0.3, -0.25) is 13.9 Å². The van der Waals surface area contributed by atoms with Crippen molar-refractivity contribution in [3.8, 4) is 5.75 Å². The quantitative estimate of drug-likeness (QED) is 0.468. The summed E-state index contributed by atoms with van der Waals surface area (Å²) < 4.78 is 33.7. The molecule has 0 saturated heterocycles. The van der Waals surface area contributed by atoms with Gasteiger partial charge in [0.05, 0.1) is 41.4 Å². The first kappa shape index (κ1) is 27.2. The van der Waals surface area contributed by atoms with E-state index in [2.05, 4.69) is 11.9 Å². The maximum atomic E-state index is 13.6. The average molecular weight is 508 g/mol. The molecule has 0 saturated carbocycles. The van der Waals surface area contributed by atoms with Crippen molar-refractivity contribution < 1.29 is 22.7 Å². The van der Waals surface area contributed by atoms with Gasteiger partial charge in [-0.05, 0) is 51.1 Å². The molecule has 1 N–H and O–H groups in total. The number of rotatable bonds is 11. The Balaban J connectivity index is 2.49. The second kappa shape index (κ2) is 11.9. The Labute approximate surface area is 206 Å². The highest BCUT2D eigenvalue weighted by Crippen LogP contribution is 2.33. The average Bonchev–Trinajstić information content (AvgIpc) is 2.80. The van der Waals surface area contributed by atoms with Crippen LogP contribution in [0.3, 0.4) is 0 Å². The molecular formula is C24H30ClN3O5S. The summed E-state index contributed by atoms with van der Waals surface area (Å²) in [4.78, 5) is 26.5. The second-order valence-electron chi connectivity index (χ2n) is 7.68. The van der Waals surface area contributed by atoms with Crippen LogP contribution >= 0.6 is 11.6 Å². The zero-order valence-corrected chi connectivity index (χ0v) is 21.3. The maximum Gasteiger partial charge on any atom is 0.264 e. The van der Waals surface area contributed by atoms with Crippen LogP contribution in [0.25, 0.3) is 0 Å². The lowest BCUT2D eigenvalue weighted by atomic mass is 10.2. The lowest BCUT2D eigenvalue weighted by Crippen LogP contribution is -2.42. The van der Waals surface area contributed by atoms with Crippen molar-refractivity contribution in [3.63, 3.8) is 0 Å². The number of nitrogens with zero attached hydrogens (tertiary/aromatic N) is 2. The Bertz CT molecular complexity index is 1150.